The van der Waals surface area contributed by atoms with Crippen molar-refractivity contribution in [1.82, 2.24) is 15.0 Å². The van der Waals surface area contributed by atoms with Crippen LogP contribution in [0.3, 0.4) is 0 Å². The van der Waals surface area contributed by atoms with Crippen molar-refractivity contribution < 1.29 is 9.53 Å². The maximum absolute atomic E-state index is 10.1. The van der Waals surface area contributed by atoms with Crippen molar-refractivity contribution in [3.63, 3.8) is 0 Å². The molecule has 0 bridgehead atoms. The summed E-state index contributed by atoms with van der Waals surface area (Å²) in [6, 6.07) is 3.67. The Labute approximate surface area is 86.1 Å². The minimum Gasteiger partial charge on any atom is -0.470 e. The Morgan fingerprint density at radius 3 is 2.93 bits per heavy atom. The molecule has 5 heteroatoms. The number of carbonyl (C=O) groups is 1. The number of rotatable bonds is 4. The predicted molar refractivity (Wildman–Crippen MR) is 53.4 cm³/mol. The van der Waals surface area contributed by atoms with Gasteiger partial charge in [-0.05, 0) is 12.1 Å². The summed E-state index contributed by atoms with van der Waals surface area (Å²) in [5.74, 6) is 1.17. The number of aldehydes is 1. The largest absolute Gasteiger partial charge is 0.470 e. The average molecular weight is 203 g/mol. The zero-order valence-corrected chi connectivity index (χ0v) is 7.88. The summed E-state index contributed by atoms with van der Waals surface area (Å²) in [5, 5.41) is 0. The lowest BCUT2D eigenvalue weighted by Gasteiger charge is -1.96. The number of aromatic nitrogens is 3. The van der Waals surface area contributed by atoms with Gasteiger partial charge in [0.15, 0.2) is 6.29 Å². The van der Waals surface area contributed by atoms with Crippen LogP contribution in [-0.4, -0.2) is 27.8 Å². The van der Waals surface area contributed by atoms with Crippen LogP contribution in [0.15, 0.2) is 30.7 Å². The third kappa shape index (κ3) is 2.19. The monoisotopic (exact) mass is 203 g/mol. The van der Waals surface area contributed by atoms with Crippen LogP contribution in [0.25, 0.3) is 11.4 Å². The van der Waals surface area contributed by atoms with Crippen LogP contribution in [0.2, 0.25) is 0 Å². The highest BCUT2D eigenvalue weighted by molar-refractivity contribution is 5.55. The molecule has 0 fully saturated rings. The number of imidazole rings is 1. The number of hydrogen-bond acceptors (Lipinski definition) is 4. The van der Waals surface area contributed by atoms with Crippen LogP contribution in [0.1, 0.15) is 0 Å². The molecule has 0 radical (unpaired) electrons. The van der Waals surface area contributed by atoms with Crippen molar-refractivity contribution in [3.8, 4) is 17.3 Å². The lowest BCUT2D eigenvalue weighted by molar-refractivity contribution is -0.109. The van der Waals surface area contributed by atoms with E-state index in [9.17, 15) is 4.79 Å². The van der Waals surface area contributed by atoms with E-state index in [-0.39, 0.29) is 6.61 Å². The molecule has 2 aromatic heterocycles. The average Bonchev–Trinajstić information content (AvgIpc) is 2.76. The van der Waals surface area contributed by atoms with Gasteiger partial charge in [-0.1, -0.05) is 0 Å². The fourth-order valence-electron chi connectivity index (χ4n) is 1.16. The second-order valence-electron chi connectivity index (χ2n) is 2.81. The summed E-state index contributed by atoms with van der Waals surface area (Å²) in [6.07, 6.45) is 5.60. The first-order chi connectivity index (χ1) is 7.40. The Morgan fingerprint density at radius 1 is 1.40 bits per heavy atom. The molecule has 5 nitrogen and oxygen atoms in total. The third-order valence-corrected chi connectivity index (χ3v) is 1.81. The molecule has 2 aromatic rings. The van der Waals surface area contributed by atoms with E-state index in [0.29, 0.717) is 18.0 Å². The van der Waals surface area contributed by atoms with Gasteiger partial charge in [-0.25, -0.2) is 4.98 Å². The first-order valence-corrected chi connectivity index (χ1v) is 4.42. The Bertz CT molecular complexity index is 439. The number of carbonyl (C=O) groups excluding carboxylic acids is 1. The van der Waals surface area contributed by atoms with E-state index in [0.717, 1.165) is 5.56 Å². The topological polar surface area (TPSA) is 67.9 Å². The smallest absolute Gasteiger partial charge is 0.211 e. The van der Waals surface area contributed by atoms with E-state index < -0.39 is 0 Å². The van der Waals surface area contributed by atoms with Crippen LogP contribution in [0, 0.1) is 0 Å². The van der Waals surface area contributed by atoms with E-state index in [1.165, 1.54) is 0 Å². The van der Waals surface area contributed by atoms with Crippen molar-refractivity contribution in [1.29, 1.82) is 0 Å². The summed E-state index contributed by atoms with van der Waals surface area (Å²) in [7, 11) is 0. The maximum Gasteiger partial charge on any atom is 0.211 e. The van der Waals surface area contributed by atoms with Gasteiger partial charge in [-0.2, -0.15) is 0 Å². The quantitative estimate of drug-likeness (QED) is 0.754. The number of hydrogen-bond donors (Lipinski definition) is 1. The lowest BCUT2D eigenvalue weighted by Crippen LogP contribution is -1.97. The van der Waals surface area contributed by atoms with Crippen molar-refractivity contribution in [2.45, 2.75) is 0 Å². The Kier molecular flexibility index (Phi) is 2.73. The molecular weight excluding hydrogens is 194 g/mol. The van der Waals surface area contributed by atoms with Gasteiger partial charge in [0.05, 0.1) is 6.20 Å². The van der Waals surface area contributed by atoms with Gasteiger partial charge < -0.3 is 9.72 Å². The van der Waals surface area contributed by atoms with Crippen LogP contribution in [0.4, 0.5) is 0 Å². The molecule has 2 rings (SSSR count). The molecule has 0 saturated carbocycles. The number of ether oxygens (including phenoxy) is 1. The van der Waals surface area contributed by atoms with Gasteiger partial charge in [0.1, 0.15) is 12.4 Å². The van der Waals surface area contributed by atoms with Gasteiger partial charge >= 0.3 is 0 Å². The van der Waals surface area contributed by atoms with E-state index in [4.69, 9.17) is 4.74 Å². The molecule has 15 heavy (non-hydrogen) atoms. The van der Waals surface area contributed by atoms with Crippen molar-refractivity contribution in [3.05, 3.63) is 30.7 Å². The first-order valence-electron chi connectivity index (χ1n) is 4.42. The summed E-state index contributed by atoms with van der Waals surface area (Å²) in [6.45, 7) is 0.0258. The number of H-pyrrole nitrogens is 1. The van der Waals surface area contributed by atoms with Crippen LogP contribution in [-0.2, 0) is 4.79 Å². The maximum atomic E-state index is 10.1. The molecule has 2 heterocycles. The predicted octanol–water partition coefficient (Wildman–Crippen LogP) is 1.05. The fourth-order valence-corrected chi connectivity index (χ4v) is 1.16. The minimum absolute atomic E-state index is 0.0258. The molecule has 0 amide bonds. The Hall–Kier alpha value is -2.17. The standard InChI is InChI=1S/C10H9N3O2/c14-5-6-15-9-7-12-10(13-9)8-1-3-11-4-2-8/h1-5,7H,6H2,(H,12,13). The van der Waals surface area contributed by atoms with Gasteiger partial charge in [-0.15, -0.1) is 0 Å². The van der Waals surface area contributed by atoms with Gasteiger partial charge in [0, 0.05) is 18.0 Å². The van der Waals surface area contributed by atoms with Crippen molar-refractivity contribution >= 4 is 6.29 Å². The summed E-state index contributed by atoms with van der Waals surface area (Å²) >= 11 is 0. The molecular formula is C10H9N3O2. The zero-order valence-electron chi connectivity index (χ0n) is 7.88. The van der Waals surface area contributed by atoms with E-state index >= 15 is 0 Å². The highest BCUT2D eigenvalue weighted by Crippen LogP contribution is 2.17. The summed E-state index contributed by atoms with van der Waals surface area (Å²) in [5.41, 5.74) is 0.922. The molecule has 0 atom stereocenters. The molecule has 0 aliphatic carbocycles. The first kappa shape index (κ1) is 9.39. The molecule has 0 aromatic carbocycles. The Balaban J connectivity index is 2.17. The molecule has 0 spiro atoms. The SMILES string of the molecule is O=CCOc1cnc(-c2ccncc2)[nH]1. The van der Waals surface area contributed by atoms with Gasteiger partial charge in [0.2, 0.25) is 5.88 Å². The Morgan fingerprint density at radius 2 is 2.20 bits per heavy atom. The van der Waals surface area contributed by atoms with E-state index in [1.807, 2.05) is 12.1 Å². The van der Waals surface area contributed by atoms with E-state index in [1.54, 1.807) is 18.6 Å². The van der Waals surface area contributed by atoms with Crippen molar-refractivity contribution in [2.24, 2.45) is 0 Å². The second kappa shape index (κ2) is 4.36. The number of nitrogens with zero attached hydrogens (tertiary/aromatic N) is 2. The summed E-state index contributed by atoms with van der Waals surface area (Å²) in [4.78, 5) is 21.1. The molecule has 76 valence electrons. The normalized spacial score (nSPS) is 9.87. The van der Waals surface area contributed by atoms with Crippen LogP contribution in [0.5, 0.6) is 5.88 Å². The number of nitrogens with one attached hydrogen (secondary N) is 1. The lowest BCUT2D eigenvalue weighted by atomic mass is 10.3. The molecule has 0 saturated heterocycles. The van der Waals surface area contributed by atoms with Gasteiger partial charge in [0.25, 0.3) is 0 Å². The van der Waals surface area contributed by atoms with Crippen molar-refractivity contribution in [2.75, 3.05) is 6.61 Å². The fraction of sp³-hybridized carbons (Fsp3) is 0.100. The summed E-state index contributed by atoms with van der Waals surface area (Å²) < 4.78 is 5.06. The van der Waals surface area contributed by atoms with Crippen LogP contribution >= 0.6 is 0 Å². The van der Waals surface area contributed by atoms with Gasteiger partial charge in [-0.3, -0.25) is 9.78 Å². The van der Waals surface area contributed by atoms with E-state index in [2.05, 4.69) is 15.0 Å². The molecule has 0 unspecified atom stereocenters. The third-order valence-electron chi connectivity index (χ3n) is 1.81. The molecule has 0 aliphatic rings. The highest BCUT2D eigenvalue weighted by Gasteiger charge is 2.02. The number of aromatic amines is 1. The van der Waals surface area contributed by atoms with Crippen LogP contribution < -0.4 is 4.74 Å². The minimum atomic E-state index is 0.0258. The molecule has 0 aliphatic heterocycles. The zero-order chi connectivity index (χ0) is 10.5. The highest BCUT2D eigenvalue weighted by atomic mass is 16.5. The second-order valence-corrected chi connectivity index (χ2v) is 2.81. The molecule has 1 N–H and O–H groups in total. The number of pyridine rings is 1.